The maximum absolute atomic E-state index is 11.7. The molecule has 0 aliphatic carbocycles. The van der Waals surface area contributed by atoms with Crippen molar-refractivity contribution in [3.05, 3.63) is 67.5 Å². The summed E-state index contributed by atoms with van der Waals surface area (Å²) < 4.78 is 5.65. The molecule has 3 aromatic rings. The van der Waals surface area contributed by atoms with Gasteiger partial charge in [-0.1, -0.05) is 40.9 Å². The van der Waals surface area contributed by atoms with Crippen molar-refractivity contribution in [1.82, 2.24) is 5.43 Å². The fourth-order valence-corrected chi connectivity index (χ4v) is 3.40. The van der Waals surface area contributed by atoms with Gasteiger partial charge < -0.3 is 4.42 Å². The van der Waals surface area contributed by atoms with E-state index in [9.17, 15) is 4.79 Å². The van der Waals surface area contributed by atoms with Crippen LogP contribution in [-0.2, 0) is 11.2 Å². The topological polar surface area (TPSA) is 54.6 Å². The van der Waals surface area contributed by atoms with Crippen LogP contribution in [0.2, 0.25) is 15.1 Å². The Balaban J connectivity index is 1.65. The van der Waals surface area contributed by atoms with Gasteiger partial charge in [0.05, 0.1) is 27.7 Å². The number of nitrogens with one attached hydrogen (secondary N) is 1. The Kier molecular flexibility index (Phi) is 5.81. The van der Waals surface area contributed by atoms with Crippen LogP contribution >= 0.6 is 46.1 Å². The fourth-order valence-electron chi connectivity index (χ4n) is 2.06. The number of rotatable bonds is 5. The summed E-state index contributed by atoms with van der Waals surface area (Å²) in [5, 5.41) is 6.99. The zero-order chi connectivity index (χ0) is 17.8. The first-order chi connectivity index (χ1) is 12.0. The van der Waals surface area contributed by atoms with Crippen LogP contribution in [0.5, 0.6) is 0 Å². The summed E-state index contributed by atoms with van der Waals surface area (Å²) in [6, 6.07) is 10.4. The molecule has 1 N–H and O–H groups in total. The fraction of sp³-hybridized carbons (Fsp3) is 0.0588. The molecule has 0 aliphatic heterocycles. The maximum atomic E-state index is 11.7. The van der Waals surface area contributed by atoms with Crippen LogP contribution < -0.4 is 5.43 Å². The van der Waals surface area contributed by atoms with E-state index in [4.69, 9.17) is 39.2 Å². The minimum atomic E-state index is -0.196. The molecule has 25 heavy (non-hydrogen) atoms. The highest BCUT2D eigenvalue weighted by Gasteiger charge is 2.11. The first kappa shape index (κ1) is 18.0. The van der Waals surface area contributed by atoms with Gasteiger partial charge in [-0.3, -0.25) is 4.79 Å². The number of hydrogen-bond donors (Lipinski definition) is 1. The summed E-state index contributed by atoms with van der Waals surface area (Å²) in [6.07, 6.45) is 1.71. The monoisotopic (exact) mass is 412 g/mol. The van der Waals surface area contributed by atoms with Crippen molar-refractivity contribution in [3.63, 3.8) is 0 Å². The molecule has 2 aromatic heterocycles. The molecule has 0 aliphatic rings. The molecule has 0 radical (unpaired) electrons. The predicted molar refractivity (Wildman–Crippen MR) is 103 cm³/mol. The normalized spacial score (nSPS) is 11.2. The van der Waals surface area contributed by atoms with E-state index in [0.29, 0.717) is 32.2 Å². The molecule has 1 amide bonds. The van der Waals surface area contributed by atoms with Crippen molar-refractivity contribution in [2.24, 2.45) is 5.10 Å². The first-order valence-electron chi connectivity index (χ1n) is 7.12. The molecule has 8 heteroatoms. The standard InChI is InChI=1S/C17H11Cl3N2O2S/c18-13-8-15(20)14(19)7-12(13)16-4-3-10(24-16)9-21-22-17(23)6-11-2-1-5-25-11/h1-5,7-9H,6H2,(H,22,23)/b21-9+. The number of furan rings is 1. The summed E-state index contributed by atoms with van der Waals surface area (Å²) in [4.78, 5) is 12.7. The largest absolute Gasteiger partial charge is 0.455 e. The van der Waals surface area contributed by atoms with Crippen molar-refractivity contribution in [2.45, 2.75) is 6.42 Å². The number of thiophene rings is 1. The Hall–Kier alpha value is -1.79. The average molecular weight is 414 g/mol. The summed E-state index contributed by atoms with van der Waals surface area (Å²) in [5.74, 6) is 0.793. The highest BCUT2D eigenvalue weighted by atomic mass is 35.5. The summed E-state index contributed by atoms with van der Waals surface area (Å²) in [7, 11) is 0. The second-order valence-corrected chi connectivity index (χ2v) is 7.25. The number of amides is 1. The van der Waals surface area contributed by atoms with Crippen molar-refractivity contribution in [1.29, 1.82) is 0 Å². The lowest BCUT2D eigenvalue weighted by atomic mass is 10.2. The molecule has 2 heterocycles. The zero-order valence-corrected chi connectivity index (χ0v) is 15.7. The Bertz CT molecular complexity index is 920. The molecule has 128 valence electrons. The highest BCUT2D eigenvalue weighted by Crippen LogP contribution is 2.35. The molecule has 0 unspecified atom stereocenters. The van der Waals surface area contributed by atoms with Crippen molar-refractivity contribution in [2.75, 3.05) is 0 Å². The van der Waals surface area contributed by atoms with Gasteiger partial charge in [0.15, 0.2) is 0 Å². The Labute approximate surface area is 163 Å². The van der Waals surface area contributed by atoms with Gasteiger partial charge in [-0.05, 0) is 35.7 Å². The molecular formula is C17H11Cl3N2O2S. The lowest BCUT2D eigenvalue weighted by Gasteiger charge is -2.03. The first-order valence-corrected chi connectivity index (χ1v) is 9.13. The molecule has 0 saturated carbocycles. The van der Waals surface area contributed by atoms with Gasteiger partial charge in [-0.25, -0.2) is 5.43 Å². The number of halogens is 3. The van der Waals surface area contributed by atoms with Crippen LogP contribution in [0.15, 0.2) is 51.3 Å². The smallest absolute Gasteiger partial charge is 0.245 e. The third-order valence-corrected chi connectivity index (χ3v) is 5.11. The molecule has 1 aromatic carbocycles. The Morgan fingerprint density at radius 3 is 2.72 bits per heavy atom. The van der Waals surface area contributed by atoms with Crippen molar-refractivity contribution < 1.29 is 9.21 Å². The molecule has 0 saturated heterocycles. The molecule has 0 bridgehead atoms. The number of carbonyl (C=O) groups excluding carboxylic acids is 1. The van der Waals surface area contributed by atoms with Gasteiger partial charge in [0.25, 0.3) is 0 Å². The van der Waals surface area contributed by atoms with E-state index in [1.807, 2.05) is 17.5 Å². The van der Waals surface area contributed by atoms with Crippen LogP contribution in [0, 0.1) is 0 Å². The minimum Gasteiger partial charge on any atom is -0.455 e. The van der Waals surface area contributed by atoms with Gasteiger partial charge in [-0.15, -0.1) is 11.3 Å². The third-order valence-electron chi connectivity index (χ3n) is 3.20. The summed E-state index contributed by atoms with van der Waals surface area (Å²) >= 11 is 19.6. The predicted octanol–water partition coefficient (Wildman–Crippen LogP) is 5.66. The van der Waals surface area contributed by atoms with E-state index in [0.717, 1.165) is 4.88 Å². The van der Waals surface area contributed by atoms with E-state index in [2.05, 4.69) is 10.5 Å². The van der Waals surface area contributed by atoms with E-state index in [1.165, 1.54) is 17.6 Å². The molecule has 0 atom stereocenters. The molecule has 0 spiro atoms. The SMILES string of the molecule is O=C(Cc1cccs1)N/N=C/c1ccc(-c2cc(Cl)c(Cl)cc2Cl)o1. The molecule has 3 rings (SSSR count). The maximum Gasteiger partial charge on any atom is 0.245 e. The quantitative estimate of drug-likeness (QED) is 0.333. The minimum absolute atomic E-state index is 0.196. The van der Waals surface area contributed by atoms with Gasteiger partial charge in [0.2, 0.25) is 5.91 Å². The van der Waals surface area contributed by atoms with E-state index in [-0.39, 0.29) is 12.3 Å². The lowest BCUT2D eigenvalue weighted by Crippen LogP contribution is -2.19. The third kappa shape index (κ3) is 4.64. The van der Waals surface area contributed by atoms with Crippen LogP contribution in [0.3, 0.4) is 0 Å². The highest BCUT2D eigenvalue weighted by molar-refractivity contribution is 7.10. The van der Waals surface area contributed by atoms with Gasteiger partial charge in [0.1, 0.15) is 11.5 Å². The lowest BCUT2D eigenvalue weighted by molar-refractivity contribution is -0.120. The van der Waals surface area contributed by atoms with Gasteiger partial charge in [-0.2, -0.15) is 5.10 Å². The van der Waals surface area contributed by atoms with Crippen LogP contribution in [0.4, 0.5) is 0 Å². The van der Waals surface area contributed by atoms with Crippen LogP contribution in [0.1, 0.15) is 10.6 Å². The summed E-state index contributed by atoms with van der Waals surface area (Å²) in [6.45, 7) is 0. The molecule has 0 fully saturated rings. The zero-order valence-electron chi connectivity index (χ0n) is 12.6. The number of benzene rings is 1. The molecule has 4 nitrogen and oxygen atoms in total. The second kappa shape index (κ2) is 8.06. The van der Waals surface area contributed by atoms with Gasteiger partial charge in [0, 0.05) is 10.4 Å². The van der Waals surface area contributed by atoms with Crippen molar-refractivity contribution in [3.8, 4) is 11.3 Å². The number of carbonyl (C=O) groups is 1. The Morgan fingerprint density at radius 2 is 1.96 bits per heavy atom. The Morgan fingerprint density at radius 1 is 1.16 bits per heavy atom. The number of hydrazone groups is 1. The van der Waals surface area contributed by atoms with E-state index < -0.39 is 0 Å². The van der Waals surface area contributed by atoms with Gasteiger partial charge >= 0.3 is 0 Å². The number of hydrogen-bond acceptors (Lipinski definition) is 4. The van der Waals surface area contributed by atoms with Crippen LogP contribution in [0.25, 0.3) is 11.3 Å². The van der Waals surface area contributed by atoms with E-state index >= 15 is 0 Å². The molecular weight excluding hydrogens is 403 g/mol. The van der Waals surface area contributed by atoms with Crippen molar-refractivity contribution >= 4 is 58.3 Å². The van der Waals surface area contributed by atoms with E-state index in [1.54, 1.807) is 24.3 Å². The second-order valence-electron chi connectivity index (χ2n) is 5.00. The summed E-state index contributed by atoms with van der Waals surface area (Å²) in [5.41, 5.74) is 3.08. The van der Waals surface area contributed by atoms with Crippen LogP contribution in [-0.4, -0.2) is 12.1 Å². The average Bonchev–Trinajstić information content (AvgIpc) is 3.23. The number of nitrogens with zero attached hydrogens (tertiary/aromatic N) is 1.